The topological polar surface area (TPSA) is 26.3 Å². The van der Waals surface area contributed by atoms with Gasteiger partial charge >= 0.3 is 0 Å². The molecule has 0 saturated carbocycles. The molecule has 1 rings (SSSR count). The highest BCUT2D eigenvalue weighted by atomic mass is 16.5. The van der Waals surface area contributed by atoms with Gasteiger partial charge in [-0.3, -0.25) is 4.79 Å². The van der Waals surface area contributed by atoms with Crippen LogP contribution in [0.3, 0.4) is 0 Å². The van der Waals surface area contributed by atoms with E-state index in [1.54, 1.807) is 6.92 Å². The molecule has 0 amide bonds. The van der Waals surface area contributed by atoms with Crippen LogP contribution in [0.5, 0.6) is 5.75 Å². The van der Waals surface area contributed by atoms with E-state index in [0.29, 0.717) is 0 Å². The Morgan fingerprint density at radius 1 is 1.38 bits per heavy atom. The molecular formula is C11H14O2. The van der Waals surface area contributed by atoms with Gasteiger partial charge in [0, 0.05) is 0 Å². The standard InChI is InChI=1S/C11H14O2/c1-8-4-5-11(9(2)6-8)13-10(3)7-12/h4-7,10H,1-3H3. The summed E-state index contributed by atoms with van der Waals surface area (Å²) < 4.78 is 5.38. The fourth-order valence-corrected chi connectivity index (χ4v) is 1.16. The lowest BCUT2D eigenvalue weighted by Gasteiger charge is -2.11. The Balaban J connectivity index is 2.83. The lowest BCUT2D eigenvalue weighted by Crippen LogP contribution is -2.13. The molecule has 0 spiro atoms. The highest BCUT2D eigenvalue weighted by molar-refractivity contribution is 5.56. The lowest BCUT2D eigenvalue weighted by molar-refractivity contribution is -0.113. The smallest absolute Gasteiger partial charge is 0.160 e. The number of benzene rings is 1. The number of ether oxygens (including phenoxy) is 1. The van der Waals surface area contributed by atoms with Gasteiger partial charge < -0.3 is 4.74 Å². The summed E-state index contributed by atoms with van der Waals surface area (Å²) in [5.74, 6) is 0.783. The van der Waals surface area contributed by atoms with E-state index in [-0.39, 0.29) is 6.10 Å². The molecule has 0 heterocycles. The quantitative estimate of drug-likeness (QED) is 0.664. The predicted octanol–water partition coefficient (Wildman–Crippen LogP) is 2.27. The van der Waals surface area contributed by atoms with Crippen LogP contribution in [0, 0.1) is 13.8 Å². The Labute approximate surface area is 78.5 Å². The van der Waals surface area contributed by atoms with Crippen molar-refractivity contribution in [1.29, 1.82) is 0 Å². The van der Waals surface area contributed by atoms with Gasteiger partial charge in [0.25, 0.3) is 0 Å². The van der Waals surface area contributed by atoms with Gasteiger partial charge in [-0.05, 0) is 32.4 Å². The number of rotatable bonds is 3. The maximum Gasteiger partial charge on any atom is 0.160 e. The molecule has 0 bridgehead atoms. The van der Waals surface area contributed by atoms with Gasteiger partial charge in [0.15, 0.2) is 12.4 Å². The first-order valence-electron chi connectivity index (χ1n) is 4.32. The van der Waals surface area contributed by atoms with Crippen molar-refractivity contribution >= 4 is 6.29 Å². The fraction of sp³-hybridized carbons (Fsp3) is 0.364. The number of aryl methyl sites for hydroxylation is 2. The second kappa shape index (κ2) is 4.08. The van der Waals surface area contributed by atoms with Crippen LogP contribution in [-0.2, 0) is 4.79 Å². The normalized spacial score (nSPS) is 12.2. The average molecular weight is 178 g/mol. The van der Waals surface area contributed by atoms with E-state index < -0.39 is 0 Å². The van der Waals surface area contributed by atoms with Crippen molar-refractivity contribution in [3.8, 4) is 5.75 Å². The number of hydrogen-bond acceptors (Lipinski definition) is 2. The van der Waals surface area contributed by atoms with E-state index in [4.69, 9.17) is 4.74 Å². The minimum atomic E-state index is -0.374. The zero-order valence-corrected chi connectivity index (χ0v) is 8.20. The minimum absolute atomic E-state index is 0.374. The summed E-state index contributed by atoms with van der Waals surface area (Å²) in [6.07, 6.45) is 0.417. The van der Waals surface area contributed by atoms with E-state index >= 15 is 0 Å². The van der Waals surface area contributed by atoms with Crippen LogP contribution in [0.15, 0.2) is 18.2 Å². The van der Waals surface area contributed by atoms with Crippen LogP contribution in [0.4, 0.5) is 0 Å². The monoisotopic (exact) mass is 178 g/mol. The summed E-state index contributed by atoms with van der Waals surface area (Å²) in [4.78, 5) is 10.4. The van der Waals surface area contributed by atoms with Crippen LogP contribution in [0.1, 0.15) is 18.1 Å². The Hall–Kier alpha value is -1.31. The van der Waals surface area contributed by atoms with E-state index in [2.05, 4.69) is 0 Å². The molecule has 0 aliphatic heterocycles. The highest BCUT2D eigenvalue weighted by Crippen LogP contribution is 2.19. The van der Waals surface area contributed by atoms with Crippen molar-refractivity contribution in [3.05, 3.63) is 29.3 Å². The molecule has 0 aliphatic rings. The second-order valence-electron chi connectivity index (χ2n) is 3.23. The van der Waals surface area contributed by atoms with Gasteiger partial charge in [0.1, 0.15) is 5.75 Å². The Morgan fingerprint density at radius 2 is 2.08 bits per heavy atom. The van der Waals surface area contributed by atoms with Gasteiger partial charge in [0.05, 0.1) is 0 Å². The first kappa shape index (κ1) is 9.78. The van der Waals surface area contributed by atoms with Gasteiger partial charge in [-0.25, -0.2) is 0 Å². The number of hydrogen-bond donors (Lipinski definition) is 0. The molecule has 0 fully saturated rings. The molecule has 1 atom stereocenters. The summed E-state index contributed by atoms with van der Waals surface area (Å²) in [5, 5.41) is 0. The molecular weight excluding hydrogens is 164 g/mol. The van der Waals surface area contributed by atoms with Gasteiger partial charge in [-0.15, -0.1) is 0 Å². The molecule has 0 aromatic heterocycles. The molecule has 0 aliphatic carbocycles. The number of carbonyl (C=O) groups is 1. The first-order valence-corrected chi connectivity index (χ1v) is 4.32. The summed E-state index contributed by atoms with van der Waals surface area (Å²) in [5.41, 5.74) is 2.26. The highest BCUT2D eigenvalue weighted by Gasteiger charge is 2.03. The fourth-order valence-electron chi connectivity index (χ4n) is 1.16. The lowest BCUT2D eigenvalue weighted by atomic mass is 10.1. The summed E-state index contributed by atoms with van der Waals surface area (Å²) in [6, 6.07) is 5.90. The Bertz CT molecular complexity index is 305. The minimum Gasteiger partial charge on any atom is -0.483 e. The molecule has 2 heteroatoms. The molecule has 0 N–H and O–H groups in total. The van der Waals surface area contributed by atoms with Crippen LogP contribution < -0.4 is 4.74 Å². The first-order chi connectivity index (χ1) is 6.13. The Kier molecular flexibility index (Phi) is 3.07. The zero-order chi connectivity index (χ0) is 9.84. The van der Waals surface area contributed by atoms with E-state index in [9.17, 15) is 4.79 Å². The van der Waals surface area contributed by atoms with Crippen LogP contribution in [0.25, 0.3) is 0 Å². The van der Waals surface area contributed by atoms with Gasteiger partial charge in [-0.1, -0.05) is 17.7 Å². The third-order valence-corrected chi connectivity index (χ3v) is 1.83. The summed E-state index contributed by atoms with van der Waals surface area (Å²) in [6.45, 7) is 5.73. The maximum atomic E-state index is 10.4. The maximum absolute atomic E-state index is 10.4. The van der Waals surface area contributed by atoms with Gasteiger partial charge in [0.2, 0.25) is 0 Å². The van der Waals surface area contributed by atoms with E-state index in [0.717, 1.165) is 17.6 Å². The molecule has 1 unspecified atom stereocenters. The average Bonchev–Trinajstić information content (AvgIpc) is 2.09. The SMILES string of the molecule is Cc1ccc(OC(C)C=O)c(C)c1. The molecule has 0 saturated heterocycles. The van der Waals surface area contributed by atoms with Gasteiger partial charge in [-0.2, -0.15) is 0 Å². The molecule has 0 radical (unpaired) electrons. The predicted molar refractivity (Wildman–Crippen MR) is 52.1 cm³/mol. The largest absolute Gasteiger partial charge is 0.483 e. The van der Waals surface area contributed by atoms with Crippen LogP contribution >= 0.6 is 0 Å². The van der Waals surface area contributed by atoms with E-state index in [1.165, 1.54) is 5.56 Å². The van der Waals surface area contributed by atoms with Crippen LogP contribution in [-0.4, -0.2) is 12.4 Å². The third-order valence-electron chi connectivity index (χ3n) is 1.83. The van der Waals surface area contributed by atoms with Crippen molar-refractivity contribution in [3.63, 3.8) is 0 Å². The zero-order valence-electron chi connectivity index (χ0n) is 8.20. The molecule has 1 aromatic rings. The summed E-state index contributed by atoms with van der Waals surface area (Å²) >= 11 is 0. The molecule has 70 valence electrons. The number of carbonyl (C=O) groups excluding carboxylic acids is 1. The van der Waals surface area contributed by atoms with Crippen molar-refractivity contribution in [2.24, 2.45) is 0 Å². The number of aldehydes is 1. The molecule has 1 aromatic carbocycles. The van der Waals surface area contributed by atoms with Crippen molar-refractivity contribution in [2.75, 3.05) is 0 Å². The van der Waals surface area contributed by atoms with Crippen LogP contribution in [0.2, 0.25) is 0 Å². The summed E-state index contributed by atoms with van der Waals surface area (Å²) in [7, 11) is 0. The second-order valence-corrected chi connectivity index (χ2v) is 3.23. The molecule has 13 heavy (non-hydrogen) atoms. The van der Waals surface area contributed by atoms with Crippen molar-refractivity contribution in [1.82, 2.24) is 0 Å². The Morgan fingerprint density at radius 3 is 2.62 bits per heavy atom. The third kappa shape index (κ3) is 2.58. The van der Waals surface area contributed by atoms with Crippen molar-refractivity contribution in [2.45, 2.75) is 26.9 Å². The molecule has 2 nitrogen and oxygen atoms in total. The van der Waals surface area contributed by atoms with E-state index in [1.807, 2.05) is 32.0 Å². The van der Waals surface area contributed by atoms with Crippen molar-refractivity contribution < 1.29 is 9.53 Å².